The summed E-state index contributed by atoms with van der Waals surface area (Å²) in [6.45, 7) is 4.16. The number of nitrogens with one attached hydrogen (secondary N) is 1. The van der Waals surface area contributed by atoms with Crippen LogP contribution < -0.4 is 10.3 Å². The summed E-state index contributed by atoms with van der Waals surface area (Å²) in [7, 11) is 1.65. The maximum atomic E-state index is 12.6. The summed E-state index contributed by atoms with van der Waals surface area (Å²) in [6.07, 6.45) is 1.54. The van der Waals surface area contributed by atoms with Gasteiger partial charge in [-0.25, -0.2) is 0 Å². The average Bonchev–Trinajstić information content (AvgIpc) is 2.58. The number of aromatic amines is 1. The highest BCUT2D eigenvalue weighted by atomic mass is 16.5. The molecule has 118 valence electrons. The maximum absolute atomic E-state index is 12.6. The van der Waals surface area contributed by atoms with E-state index in [2.05, 4.69) is 30.1 Å². The number of ether oxygens (including phenoxy) is 1. The van der Waals surface area contributed by atoms with E-state index in [4.69, 9.17) is 4.74 Å². The third-order valence-corrected chi connectivity index (χ3v) is 4.38. The Hall–Kier alpha value is -2.55. The van der Waals surface area contributed by atoms with Crippen LogP contribution in [0.4, 0.5) is 0 Å². The fourth-order valence-electron chi connectivity index (χ4n) is 3.14. The Morgan fingerprint density at radius 3 is 2.52 bits per heavy atom. The number of pyridine rings is 1. The molecule has 3 aromatic rings. The first-order chi connectivity index (χ1) is 11.1. The minimum absolute atomic E-state index is 0.0193. The molecule has 0 fully saturated rings. The second-order valence-electron chi connectivity index (χ2n) is 5.78. The molecule has 0 bridgehead atoms. The molecule has 0 amide bonds. The SMILES string of the molecule is CCc1cc(OC)cc2[nH]c(=O)c(Cc3ccccc3)c(C)c12. The number of hydrogen-bond acceptors (Lipinski definition) is 2. The van der Waals surface area contributed by atoms with Crippen LogP contribution in [0.2, 0.25) is 0 Å². The van der Waals surface area contributed by atoms with Crippen molar-refractivity contribution < 1.29 is 4.74 Å². The van der Waals surface area contributed by atoms with E-state index >= 15 is 0 Å². The summed E-state index contributed by atoms with van der Waals surface area (Å²) in [5.74, 6) is 0.778. The molecule has 0 spiro atoms. The van der Waals surface area contributed by atoms with Gasteiger partial charge in [-0.2, -0.15) is 0 Å². The number of rotatable bonds is 4. The van der Waals surface area contributed by atoms with Crippen LogP contribution in [0.3, 0.4) is 0 Å². The largest absolute Gasteiger partial charge is 0.497 e. The Morgan fingerprint density at radius 2 is 1.87 bits per heavy atom. The van der Waals surface area contributed by atoms with Crippen molar-refractivity contribution in [3.05, 3.63) is 75.1 Å². The number of hydrogen-bond donors (Lipinski definition) is 1. The number of aryl methyl sites for hydroxylation is 2. The van der Waals surface area contributed by atoms with Crippen LogP contribution in [0, 0.1) is 6.92 Å². The van der Waals surface area contributed by atoms with Gasteiger partial charge in [-0.3, -0.25) is 4.79 Å². The monoisotopic (exact) mass is 307 g/mol. The van der Waals surface area contributed by atoms with Crippen molar-refractivity contribution >= 4 is 10.9 Å². The summed E-state index contributed by atoms with van der Waals surface area (Å²) in [6, 6.07) is 14.1. The minimum atomic E-state index is -0.0193. The smallest absolute Gasteiger partial charge is 0.252 e. The highest BCUT2D eigenvalue weighted by Crippen LogP contribution is 2.28. The van der Waals surface area contributed by atoms with Crippen molar-refractivity contribution in [3.8, 4) is 5.75 Å². The lowest BCUT2D eigenvalue weighted by Gasteiger charge is -2.14. The fraction of sp³-hybridized carbons (Fsp3) is 0.250. The van der Waals surface area contributed by atoms with E-state index in [9.17, 15) is 4.79 Å². The van der Waals surface area contributed by atoms with E-state index in [-0.39, 0.29) is 5.56 Å². The van der Waals surface area contributed by atoms with Gasteiger partial charge in [-0.05, 0) is 36.1 Å². The molecular formula is C20H21NO2. The number of benzene rings is 2. The lowest BCUT2D eigenvalue weighted by molar-refractivity contribution is 0.415. The summed E-state index contributed by atoms with van der Waals surface area (Å²) in [5.41, 5.74) is 5.07. The van der Waals surface area contributed by atoms with Gasteiger partial charge in [0.1, 0.15) is 5.75 Å². The molecule has 23 heavy (non-hydrogen) atoms. The van der Waals surface area contributed by atoms with Gasteiger partial charge < -0.3 is 9.72 Å². The Balaban J connectivity index is 2.22. The highest BCUT2D eigenvalue weighted by Gasteiger charge is 2.13. The lowest BCUT2D eigenvalue weighted by atomic mass is 9.95. The number of methoxy groups -OCH3 is 1. The first kappa shape index (κ1) is 15.3. The van der Waals surface area contributed by atoms with E-state index in [1.807, 2.05) is 31.2 Å². The summed E-state index contributed by atoms with van der Waals surface area (Å²) >= 11 is 0. The molecule has 3 nitrogen and oxygen atoms in total. The van der Waals surface area contributed by atoms with Crippen LogP contribution in [0.15, 0.2) is 47.3 Å². The zero-order valence-corrected chi connectivity index (χ0v) is 13.8. The molecule has 1 aromatic heterocycles. The molecule has 0 aliphatic carbocycles. The topological polar surface area (TPSA) is 42.1 Å². The second-order valence-corrected chi connectivity index (χ2v) is 5.78. The maximum Gasteiger partial charge on any atom is 0.252 e. The van der Waals surface area contributed by atoms with Gasteiger partial charge in [0.15, 0.2) is 0 Å². The lowest BCUT2D eigenvalue weighted by Crippen LogP contribution is -2.16. The third-order valence-electron chi connectivity index (χ3n) is 4.38. The van der Waals surface area contributed by atoms with Crippen molar-refractivity contribution in [2.24, 2.45) is 0 Å². The van der Waals surface area contributed by atoms with Crippen LogP contribution in [0.5, 0.6) is 5.75 Å². The van der Waals surface area contributed by atoms with E-state index < -0.39 is 0 Å². The Kier molecular flexibility index (Phi) is 4.20. The minimum Gasteiger partial charge on any atom is -0.497 e. The van der Waals surface area contributed by atoms with Crippen molar-refractivity contribution in [2.75, 3.05) is 7.11 Å². The van der Waals surface area contributed by atoms with E-state index in [0.29, 0.717) is 6.42 Å². The van der Waals surface area contributed by atoms with Gasteiger partial charge in [-0.1, -0.05) is 37.3 Å². The van der Waals surface area contributed by atoms with Gasteiger partial charge in [0.05, 0.1) is 12.6 Å². The molecule has 0 aliphatic rings. The van der Waals surface area contributed by atoms with Crippen LogP contribution in [-0.2, 0) is 12.8 Å². The van der Waals surface area contributed by atoms with Gasteiger partial charge in [-0.15, -0.1) is 0 Å². The standard InChI is InChI=1S/C20H21NO2/c1-4-15-11-16(23-3)12-18-19(15)13(2)17(20(22)21-18)10-14-8-6-5-7-9-14/h5-9,11-12H,4,10H2,1-3H3,(H,21,22). The van der Waals surface area contributed by atoms with Crippen LogP contribution in [0.1, 0.15) is 29.2 Å². The molecule has 0 radical (unpaired) electrons. The van der Waals surface area contributed by atoms with E-state index in [1.165, 1.54) is 5.56 Å². The highest BCUT2D eigenvalue weighted by molar-refractivity contribution is 5.87. The van der Waals surface area contributed by atoms with Crippen LogP contribution >= 0.6 is 0 Å². The summed E-state index contributed by atoms with van der Waals surface area (Å²) in [5, 5.41) is 1.14. The Labute approximate surface area is 135 Å². The van der Waals surface area contributed by atoms with Gasteiger partial charge >= 0.3 is 0 Å². The molecule has 0 saturated heterocycles. The molecule has 0 aliphatic heterocycles. The summed E-state index contributed by atoms with van der Waals surface area (Å²) in [4.78, 5) is 15.6. The second kappa shape index (κ2) is 6.29. The van der Waals surface area contributed by atoms with Crippen LogP contribution in [0.25, 0.3) is 10.9 Å². The van der Waals surface area contributed by atoms with Crippen molar-refractivity contribution in [2.45, 2.75) is 26.7 Å². The number of H-pyrrole nitrogens is 1. The quantitative estimate of drug-likeness (QED) is 0.791. The zero-order chi connectivity index (χ0) is 16.4. The van der Waals surface area contributed by atoms with Crippen LogP contribution in [-0.4, -0.2) is 12.1 Å². The Morgan fingerprint density at radius 1 is 1.13 bits per heavy atom. The molecule has 0 unspecified atom stereocenters. The molecule has 3 heteroatoms. The number of aromatic nitrogens is 1. The number of fused-ring (bicyclic) bond motifs is 1. The molecule has 1 N–H and O–H groups in total. The predicted molar refractivity (Wildman–Crippen MR) is 94.5 cm³/mol. The van der Waals surface area contributed by atoms with Gasteiger partial charge in [0, 0.05) is 23.4 Å². The van der Waals surface area contributed by atoms with Crippen molar-refractivity contribution in [1.29, 1.82) is 0 Å². The summed E-state index contributed by atoms with van der Waals surface area (Å²) < 4.78 is 5.35. The normalized spacial score (nSPS) is 10.9. The molecule has 0 atom stereocenters. The first-order valence-electron chi connectivity index (χ1n) is 7.90. The van der Waals surface area contributed by atoms with E-state index in [1.54, 1.807) is 7.11 Å². The fourth-order valence-corrected chi connectivity index (χ4v) is 3.14. The third kappa shape index (κ3) is 2.87. The predicted octanol–water partition coefficient (Wildman–Crippen LogP) is 4.00. The van der Waals surface area contributed by atoms with Crippen molar-refractivity contribution in [3.63, 3.8) is 0 Å². The molecule has 0 saturated carbocycles. The Bertz CT molecular complexity index is 895. The van der Waals surface area contributed by atoms with Gasteiger partial charge in [0.2, 0.25) is 0 Å². The van der Waals surface area contributed by atoms with Gasteiger partial charge in [0.25, 0.3) is 5.56 Å². The van der Waals surface area contributed by atoms with E-state index in [0.717, 1.165) is 39.8 Å². The zero-order valence-electron chi connectivity index (χ0n) is 13.8. The molecule has 2 aromatic carbocycles. The first-order valence-corrected chi connectivity index (χ1v) is 7.90. The molecule has 3 rings (SSSR count). The van der Waals surface area contributed by atoms with Crippen molar-refractivity contribution in [1.82, 2.24) is 4.98 Å². The average molecular weight is 307 g/mol. The molecule has 1 heterocycles. The molecular weight excluding hydrogens is 286 g/mol.